The summed E-state index contributed by atoms with van der Waals surface area (Å²) in [6.07, 6.45) is 1.08. The number of ether oxygens (including phenoxy) is 2. The van der Waals surface area contributed by atoms with Crippen LogP contribution in [0.4, 0.5) is 0 Å². The Bertz CT molecular complexity index is 848. The first-order chi connectivity index (χ1) is 13.6. The number of hydrogen-bond acceptors (Lipinski definition) is 5. The molecule has 0 unspecified atom stereocenters. The van der Waals surface area contributed by atoms with Crippen molar-refractivity contribution in [1.82, 2.24) is 5.32 Å². The van der Waals surface area contributed by atoms with Gasteiger partial charge in [0.1, 0.15) is 17.6 Å². The molecule has 1 N–H and O–H groups in total. The number of benzene rings is 2. The predicted molar refractivity (Wildman–Crippen MR) is 117 cm³/mol. The van der Waals surface area contributed by atoms with Crippen molar-refractivity contribution in [3.8, 4) is 11.5 Å². The molecule has 2 aromatic rings. The second-order valence-corrected chi connectivity index (χ2v) is 9.74. The molecule has 0 aliphatic carbocycles. The standard InChI is InChI=1S/C22H25NO3S2/c1-3-25-19-11-17-10-14(2)26-20(17)12-18(19)13-23-21(24)15-4-6-16(7-5-15)22-27-8-9-28-22/h4-7,11-12,14,22H,3,8-10,13H2,1-2H3,(H,23,24)/t14-/m1/s1. The Kier molecular flexibility index (Phi) is 6.07. The molecule has 2 heterocycles. The monoisotopic (exact) mass is 415 g/mol. The van der Waals surface area contributed by atoms with Crippen LogP contribution in [0.15, 0.2) is 36.4 Å². The molecule has 0 radical (unpaired) electrons. The van der Waals surface area contributed by atoms with Crippen LogP contribution in [-0.2, 0) is 13.0 Å². The number of fused-ring (bicyclic) bond motifs is 1. The smallest absolute Gasteiger partial charge is 0.251 e. The highest BCUT2D eigenvalue weighted by molar-refractivity contribution is 8.19. The minimum absolute atomic E-state index is 0.0736. The van der Waals surface area contributed by atoms with Crippen molar-refractivity contribution in [2.75, 3.05) is 18.1 Å². The Labute approximate surface area is 174 Å². The summed E-state index contributed by atoms with van der Waals surface area (Å²) >= 11 is 3.94. The van der Waals surface area contributed by atoms with Crippen LogP contribution >= 0.6 is 23.5 Å². The van der Waals surface area contributed by atoms with Crippen LogP contribution in [0.1, 0.15) is 45.5 Å². The van der Waals surface area contributed by atoms with Crippen LogP contribution in [0.5, 0.6) is 11.5 Å². The first kappa shape index (κ1) is 19.5. The van der Waals surface area contributed by atoms with Crippen molar-refractivity contribution in [2.24, 2.45) is 0 Å². The Morgan fingerprint density at radius 1 is 1.21 bits per heavy atom. The molecule has 2 aliphatic heterocycles. The summed E-state index contributed by atoms with van der Waals surface area (Å²) < 4.78 is 12.2. The molecule has 4 rings (SSSR count). The lowest BCUT2D eigenvalue weighted by molar-refractivity contribution is 0.0950. The van der Waals surface area contributed by atoms with Crippen molar-refractivity contribution in [2.45, 2.75) is 37.5 Å². The maximum absolute atomic E-state index is 12.6. The maximum Gasteiger partial charge on any atom is 0.251 e. The molecule has 1 fully saturated rings. The zero-order valence-corrected chi connectivity index (χ0v) is 17.8. The molecule has 2 aromatic carbocycles. The number of carbonyl (C=O) groups is 1. The molecule has 1 amide bonds. The van der Waals surface area contributed by atoms with E-state index in [0.717, 1.165) is 23.5 Å². The lowest BCUT2D eigenvalue weighted by Gasteiger charge is -2.14. The predicted octanol–water partition coefficient (Wildman–Crippen LogP) is 4.82. The van der Waals surface area contributed by atoms with Gasteiger partial charge in [-0.1, -0.05) is 12.1 Å². The van der Waals surface area contributed by atoms with Gasteiger partial charge in [0.2, 0.25) is 0 Å². The molecular weight excluding hydrogens is 390 g/mol. The van der Waals surface area contributed by atoms with Gasteiger partial charge in [-0.2, -0.15) is 0 Å². The van der Waals surface area contributed by atoms with E-state index in [-0.39, 0.29) is 12.0 Å². The van der Waals surface area contributed by atoms with Crippen molar-refractivity contribution < 1.29 is 14.3 Å². The van der Waals surface area contributed by atoms with E-state index in [1.807, 2.05) is 48.6 Å². The highest BCUT2D eigenvalue weighted by Gasteiger charge is 2.22. The fourth-order valence-corrected chi connectivity index (χ4v) is 6.39. The summed E-state index contributed by atoms with van der Waals surface area (Å²) in [7, 11) is 0. The summed E-state index contributed by atoms with van der Waals surface area (Å²) in [5, 5.41) is 3.02. The largest absolute Gasteiger partial charge is 0.494 e. The van der Waals surface area contributed by atoms with E-state index in [2.05, 4.69) is 30.4 Å². The number of hydrogen-bond donors (Lipinski definition) is 1. The number of rotatable bonds is 6. The van der Waals surface area contributed by atoms with Crippen LogP contribution in [0, 0.1) is 0 Å². The zero-order chi connectivity index (χ0) is 19.5. The Morgan fingerprint density at radius 3 is 2.68 bits per heavy atom. The van der Waals surface area contributed by atoms with E-state index in [0.29, 0.717) is 23.3 Å². The summed E-state index contributed by atoms with van der Waals surface area (Å²) in [5.41, 5.74) is 4.08. The first-order valence-electron chi connectivity index (χ1n) is 9.70. The maximum atomic E-state index is 12.6. The normalized spacial score (nSPS) is 18.6. The van der Waals surface area contributed by atoms with E-state index in [1.165, 1.54) is 22.6 Å². The average Bonchev–Trinajstić information content (AvgIpc) is 3.35. The van der Waals surface area contributed by atoms with Gasteiger partial charge < -0.3 is 14.8 Å². The number of nitrogens with one attached hydrogen (secondary N) is 1. The average molecular weight is 416 g/mol. The zero-order valence-electron chi connectivity index (χ0n) is 16.2. The van der Waals surface area contributed by atoms with Gasteiger partial charge in [0.25, 0.3) is 5.91 Å². The van der Waals surface area contributed by atoms with Gasteiger partial charge in [0.05, 0.1) is 11.2 Å². The van der Waals surface area contributed by atoms with Gasteiger partial charge in [0, 0.05) is 41.2 Å². The molecule has 4 nitrogen and oxygen atoms in total. The quantitative estimate of drug-likeness (QED) is 0.733. The molecule has 1 atom stereocenters. The summed E-state index contributed by atoms with van der Waals surface area (Å²) in [6.45, 7) is 5.04. The minimum Gasteiger partial charge on any atom is -0.494 e. The lowest BCUT2D eigenvalue weighted by Crippen LogP contribution is -2.23. The summed E-state index contributed by atoms with van der Waals surface area (Å²) in [6, 6.07) is 12.0. The highest BCUT2D eigenvalue weighted by atomic mass is 32.2. The van der Waals surface area contributed by atoms with Crippen molar-refractivity contribution in [1.29, 1.82) is 0 Å². The molecule has 0 saturated carbocycles. The van der Waals surface area contributed by atoms with E-state index >= 15 is 0 Å². The number of amides is 1. The summed E-state index contributed by atoms with van der Waals surface area (Å²) in [5.74, 6) is 4.04. The molecule has 0 aromatic heterocycles. The number of carbonyl (C=O) groups excluding carboxylic acids is 1. The second kappa shape index (κ2) is 8.70. The Hall–Kier alpha value is -1.79. The molecule has 28 heavy (non-hydrogen) atoms. The van der Waals surface area contributed by atoms with E-state index in [9.17, 15) is 4.79 Å². The second-order valence-electron chi connectivity index (χ2n) is 7.01. The van der Waals surface area contributed by atoms with Gasteiger partial charge in [-0.3, -0.25) is 4.79 Å². The van der Waals surface area contributed by atoms with Crippen molar-refractivity contribution >= 4 is 29.4 Å². The van der Waals surface area contributed by atoms with Crippen LogP contribution in [-0.4, -0.2) is 30.1 Å². The van der Waals surface area contributed by atoms with Crippen molar-refractivity contribution in [3.05, 3.63) is 58.7 Å². The lowest BCUT2D eigenvalue weighted by atomic mass is 10.1. The van der Waals surface area contributed by atoms with Crippen LogP contribution in [0.25, 0.3) is 0 Å². The molecule has 148 valence electrons. The van der Waals surface area contributed by atoms with E-state index in [1.54, 1.807) is 0 Å². The Morgan fingerprint density at radius 2 is 1.96 bits per heavy atom. The van der Waals surface area contributed by atoms with Gasteiger partial charge in [0.15, 0.2) is 0 Å². The first-order valence-corrected chi connectivity index (χ1v) is 11.8. The third-order valence-corrected chi connectivity index (χ3v) is 7.99. The SMILES string of the molecule is CCOc1cc2c(cc1CNC(=O)c1ccc(C3SCCS3)cc1)O[C@H](C)C2. The fourth-order valence-electron chi connectivity index (χ4n) is 3.53. The number of thioether (sulfide) groups is 2. The minimum atomic E-state index is -0.0736. The van der Waals surface area contributed by atoms with Crippen molar-refractivity contribution in [3.63, 3.8) is 0 Å². The molecule has 1 saturated heterocycles. The fraction of sp³-hybridized carbons (Fsp3) is 0.409. The molecule has 2 aliphatic rings. The molecule has 0 spiro atoms. The third kappa shape index (κ3) is 4.28. The van der Waals surface area contributed by atoms with Crippen LogP contribution < -0.4 is 14.8 Å². The third-order valence-electron chi connectivity index (χ3n) is 4.89. The van der Waals surface area contributed by atoms with Gasteiger partial charge in [-0.15, -0.1) is 23.5 Å². The van der Waals surface area contributed by atoms with E-state index < -0.39 is 0 Å². The van der Waals surface area contributed by atoms with Gasteiger partial charge in [-0.25, -0.2) is 0 Å². The van der Waals surface area contributed by atoms with Gasteiger partial charge >= 0.3 is 0 Å². The summed E-state index contributed by atoms with van der Waals surface area (Å²) in [4.78, 5) is 12.6. The Balaban J connectivity index is 1.43. The van der Waals surface area contributed by atoms with Crippen LogP contribution in [0.3, 0.4) is 0 Å². The highest BCUT2D eigenvalue weighted by Crippen LogP contribution is 2.45. The van der Waals surface area contributed by atoms with E-state index in [4.69, 9.17) is 9.47 Å². The topological polar surface area (TPSA) is 47.6 Å². The molecule has 6 heteroatoms. The molecular formula is C22H25NO3S2. The van der Waals surface area contributed by atoms with Crippen LogP contribution in [0.2, 0.25) is 0 Å². The van der Waals surface area contributed by atoms with Gasteiger partial charge in [-0.05, 0) is 43.7 Å². The molecule has 0 bridgehead atoms.